The lowest BCUT2D eigenvalue weighted by molar-refractivity contribution is 0.0975. The zero-order valence-corrected chi connectivity index (χ0v) is 10.1. The summed E-state index contributed by atoms with van der Waals surface area (Å²) in [7, 11) is 0. The fraction of sp³-hybridized carbons (Fsp3) is 0.357. The lowest BCUT2D eigenvalue weighted by Crippen LogP contribution is -2.29. The van der Waals surface area contributed by atoms with Crippen molar-refractivity contribution in [3.8, 4) is 0 Å². The Hall–Kier alpha value is -1.77. The van der Waals surface area contributed by atoms with Gasteiger partial charge in [0.15, 0.2) is 0 Å². The second-order valence-corrected chi connectivity index (χ2v) is 4.81. The van der Waals surface area contributed by atoms with Crippen molar-refractivity contribution in [2.75, 3.05) is 6.61 Å². The van der Waals surface area contributed by atoms with Crippen LogP contribution < -0.4 is 0 Å². The van der Waals surface area contributed by atoms with E-state index >= 15 is 0 Å². The molecule has 17 heavy (non-hydrogen) atoms. The first-order valence-corrected chi connectivity index (χ1v) is 5.88. The van der Waals surface area contributed by atoms with E-state index in [9.17, 15) is 4.79 Å². The number of hydrogen-bond donors (Lipinski definition) is 0. The predicted octanol–water partition coefficient (Wildman–Crippen LogP) is 3.03. The van der Waals surface area contributed by atoms with E-state index in [2.05, 4.69) is 26.0 Å². The molecular weight excluding hydrogens is 214 g/mol. The summed E-state index contributed by atoms with van der Waals surface area (Å²) in [6, 6.07) is 10.2. The van der Waals surface area contributed by atoms with Crippen LogP contribution >= 0.6 is 0 Å². The molecule has 0 saturated carbocycles. The Labute approximate surface area is 101 Å². The highest BCUT2D eigenvalue weighted by molar-refractivity contribution is 5.86. The molecule has 3 heteroatoms. The third kappa shape index (κ3) is 1.38. The van der Waals surface area contributed by atoms with E-state index in [-0.39, 0.29) is 11.6 Å². The smallest absolute Gasteiger partial charge is 0.414 e. The number of amides is 1. The van der Waals surface area contributed by atoms with E-state index in [1.165, 1.54) is 11.1 Å². The van der Waals surface area contributed by atoms with E-state index in [4.69, 9.17) is 4.74 Å². The number of carbonyl (C=O) groups is 1. The molecule has 2 heterocycles. The molecule has 1 atom stereocenters. The zero-order valence-electron chi connectivity index (χ0n) is 10.1. The van der Waals surface area contributed by atoms with Crippen molar-refractivity contribution in [2.45, 2.75) is 25.8 Å². The van der Waals surface area contributed by atoms with Gasteiger partial charge in [0.25, 0.3) is 0 Å². The molecule has 0 aliphatic carbocycles. The number of cyclic esters (lactones) is 1. The third-order valence-electron chi connectivity index (χ3n) is 3.74. The van der Waals surface area contributed by atoms with Crippen LogP contribution in [0.2, 0.25) is 0 Å². The molecule has 1 amide bonds. The van der Waals surface area contributed by atoms with E-state index in [1.807, 2.05) is 18.2 Å². The minimum Gasteiger partial charge on any atom is -0.449 e. The van der Waals surface area contributed by atoms with E-state index < -0.39 is 0 Å². The Morgan fingerprint density at radius 3 is 2.71 bits per heavy atom. The quantitative estimate of drug-likeness (QED) is 0.693. The highest BCUT2D eigenvalue weighted by Crippen LogP contribution is 2.53. The number of hydrogen-bond acceptors (Lipinski definition) is 2. The summed E-state index contributed by atoms with van der Waals surface area (Å²) in [6.07, 6.45) is 0.683. The van der Waals surface area contributed by atoms with Gasteiger partial charge in [-0.2, -0.15) is 0 Å². The van der Waals surface area contributed by atoms with Crippen LogP contribution in [0.5, 0.6) is 0 Å². The first kappa shape index (κ1) is 10.4. The van der Waals surface area contributed by atoms with Gasteiger partial charge in [0.2, 0.25) is 0 Å². The number of ether oxygens (including phenoxy) is 1. The highest BCUT2D eigenvalue weighted by Gasteiger charge is 2.61. The predicted molar refractivity (Wildman–Crippen MR) is 65.2 cm³/mol. The Morgan fingerprint density at radius 2 is 2.06 bits per heavy atom. The number of nitrogens with zero attached hydrogens (tertiary/aromatic N) is 1. The molecule has 1 aromatic carbocycles. The molecule has 1 unspecified atom stereocenters. The second-order valence-electron chi connectivity index (χ2n) is 4.81. The Balaban J connectivity index is 2.03. The number of allylic oxidation sites excluding steroid dienone is 1. The van der Waals surface area contributed by atoms with Gasteiger partial charge in [-0.15, -0.1) is 0 Å². The minimum absolute atomic E-state index is 0.102. The van der Waals surface area contributed by atoms with Crippen LogP contribution in [0.1, 0.15) is 25.8 Å². The maximum Gasteiger partial charge on any atom is 0.414 e. The van der Waals surface area contributed by atoms with Crippen LogP contribution in [0.4, 0.5) is 4.79 Å². The lowest BCUT2D eigenvalue weighted by atomic mass is 10.00. The van der Waals surface area contributed by atoms with Gasteiger partial charge in [-0.05, 0) is 25.0 Å². The number of carbonyl (C=O) groups excluding carboxylic acids is 1. The van der Waals surface area contributed by atoms with Gasteiger partial charge < -0.3 is 4.74 Å². The van der Waals surface area contributed by atoms with Gasteiger partial charge >= 0.3 is 6.09 Å². The van der Waals surface area contributed by atoms with Crippen molar-refractivity contribution in [3.63, 3.8) is 0 Å². The van der Waals surface area contributed by atoms with E-state index in [1.54, 1.807) is 4.90 Å². The summed E-state index contributed by atoms with van der Waals surface area (Å²) in [5, 5.41) is 0. The summed E-state index contributed by atoms with van der Waals surface area (Å²) in [5.41, 5.74) is 3.36. The van der Waals surface area contributed by atoms with Crippen molar-refractivity contribution >= 4 is 11.7 Å². The number of rotatable bonds is 1. The third-order valence-corrected chi connectivity index (χ3v) is 3.74. The molecule has 2 fully saturated rings. The molecular formula is C14H15NO2. The SMILES string of the molecule is CC(=C1N2C(=O)OCCC12C)c1ccccc1. The standard InChI is InChI=1S/C14H15NO2/c1-10(11-6-4-3-5-7-11)12-14(2)8-9-17-13(16)15(12)14/h3-7H,8-9H2,1-2H3. The van der Waals surface area contributed by atoms with Crippen LogP contribution in [0.25, 0.3) is 5.57 Å². The van der Waals surface area contributed by atoms with Gasteiger partial charge in [0.05, 0.1) is 17.8 Å². The van der Waals surface area contributed by atoms with Crippen LogP contribution in [0.15, 0.2) is 36.0 Å². The molecule has 0 radical (unpaired) electrons. The van der Waals surface area contributed by atoms with Crippen LogP contribution in [0.3, 0.4) is 0 Å². The fourth-order valence-electron chi connectivity index (χ4n) is 2.69. The normalized spacial score (nSPS) is 29.5. The maximum absolute atomic E-state index is 11.7. The molecule has 3 nitrogen and oxygen atoms in total. The molecule has 0 bridgehead atoms. The first-order chi connectivity index (χ1) is 8.14. The lowest BCUT2D eigenvalue weighted by Gasteiger charge is -2.16. The summed E-state index contributed by atoms with van der Waals surface area (Å²) >= 11 is 0. The fourth-order valence-corrected chi connectivity index (χ4v) is 2.69. The van der Waals surface area contributed by atoms with Gasteiger partial charge in [0.1, 0.15) is 0 Å². The van der Waals surface area contributed by atoms with Crippen molar-refractivity contribution in [2.24, 2.45) is 0 Å². The molecule has 0 aromatic heterocycles. The zero-order chi connectivity index (χ0) is 12.0. The first-order valence-electron chi connectivity index (χ1n) is 5.88. The van der Waals surface area contributed by atoms with Gasteiger partial charge in [0, 0.05) is 6.42 Å². The molecule has 2 saturated heterocycles. The average Bonchev–Trinajstić information content (AvgIpc) is 2.97. The molecule has 3 rings (SSSR count). The van der Waals surface area contributed by atoms with Crippen LogP contribution in [-0.4, -0.2) is 23.1 Å². The topological polar surface area (TPSA) is 29.3 Å². The molecule has 0 spiro atoms. The average molecular weight is 229 g/mol. The summed E-state index contributed by atoms with van der Waals surface area (Å²) in [4.78, 5) is 13.4. The van der Waals surface area contributed by atoms with Crippen LogP contribution in [0, 0.1) is 0 Å². The molecule has 1 aromatic rings. The Bertz CT molecular complexity index is 506. The van der Waals surface area contributed by atoms with E-state index in [0.717, 1.165) is 12.1 Å². The monoisotopic (exact) mass is 229 g/mol. The maximum atomic E-state index is 11.7. The molecule has 2 aliphatic heterocycles. The minimum atomic E-state index is -0.205. The van der Waals surface area contributed by atoms with Crippen molar-refractivity contribution < 1.29 is 9.53 Å². The number of fused-ring (bicyclic) bond motifs is 1. The van der Waals surface area contributed by atoms with Crippen molar-refractivity contribution in [3.05, 3.63) is 41.6 Å². The summed E-state index contributed by atoms with van der Waals surface area (Å²) in [6.45, 7) is 4.70. The second kappa shape index (κ2) is 3.36. The van der Waals surface area contributed by atoms with Crippen molar-refractivity contribution in [1.29, 1.82) is 0 Å². The van der Waals surface area contributed by atoms with Gasteiger partial charge in [-0.25, -0.2) is 4.79 Å². The summed E-state index contributed by atoms with van der Waals surface area (Å²) in [5.74, 6) is 0. The van der Waals surface area contributed by atoms with Gasteiger partial charge in [-0.3, -0.25) is 4.90 Å². The molecule has 0 N–H and O–H groups in total. The molecule has 2 aliphatic rings. The van der Waals surface area contributed by atoms with Crippen LogP contribution in [-0.2, 0) is 4.74 Å². The Morgan fingerprint density at radius 1 is 1.35 bits per heavy atom. The number of benzene rings is 1. The van der Waals surface area contributed by atoms with Crippen molar-refractivity contribution in [1.82, 2.24) is 4.90 Å². The largest absolute Gasteiger partial charge is 0.449 e. The van der Waals surface area contributed by atoms with Gasteiger partial charge in [-0.1, -0.05) is 30.3 Å². The molecule has 88 valence electrons. The highest BCUT2D eigenvalue weighted by atomic mass is 16.6. The summed E-state index contributed by atoms with van der Waals surface area (Å²) < 4.78 is 5.07. The Kier molecular flexibility index (Phi) is 2.05. The van der Waals surface area contributed by atoms with E-state index in [0.29, 0.717) is 6.61 Å².